The van der Waals surface area contributed by atoms with E-state index in [1.807, 2.05) is 0 Å². The van der Waals surface area contributed by atoms with Gasteiger partial charge in [-0.15, -0.1) is 0 Å². The molecule has 0 aliphatic carbocycles. The molecule has 12 heteroatoms. The molecule has 1 saturated heterocycles. The molecule has 0 spiro atoms. The van der Waals surface area contributed by atoms with Crippen LogP contribution in [-0.4, -0.2) is 69.6 Å². The molecule has 0 radical (unpaired) electrons. The van der Waals surface area contributed by atoms with Gasteiger partial charge in [0.05, 0.1) is 13.2 Å². The number of methoxy groups -OCH3 is 1. The molecule has 0 bridgehead atoms. The second-order valence-corrected chi connectivity index (χ2v) is 9.07. The minimum Gasteiger partial charge on any atom is -0.474 e. The van der Waals surface area contributed by atoms with Crippen LogP contribution in [0.1, 0.15) is 30.3 Å². The summed E-state index contributed by atoms with van der Waals surface area (Å²) < 4.78 is 47.5. The summed E-state index contributed by atoms with van der Waals surface area (Å²) in [6.45, 7) is 2.74. The van der Waals surface area contributed by atoms with Gasteiger partial charge in [0, 0.05) is 32.3 Å². The van der Waals surface area contributed by atoms with Crippen LogP contribution in [0, 0.1) is 5.92 Å². The zero-order valence-electron chi connectivity index (χ0n) is 18.5. The van der Waals surface area contributed by atoms with Crippen LogP contribution in [0.2, 0.25) is 0 Å². The number of piperidine rings is 1. The van der Waals surface area contributed by atoms with E-state index >= 15 is 0 Å². The fourth-order valence-electron chi connectivity index (χ4n) is 3.31. The van der Waals surface area contributed by atoms with E-state index in [2.05, 4.69) is 10.3 Å². The van der Waals surface area contributed by atoms with E-state index in [-0.39, 0.29) is 54.9 Å². The minimum absolute atomic E-state index is 0.139. The number of anilines is 1. The number of hydrogen-bond acceptors (Lipinski definition) is 9. The van der Waals surface area contributed by atoms with Crippen molar-refractivity contribution in [3.63, 3.8) is 0 Å². The van der Waals surface area contributed by atoms with Crippen LogP contribution in [0.15, 0.2) is 40.0 Å². The molecule has 1 aliphatic rings. The topological polar surface area (TPSA) is 137 Å². The molecule has 2 aromatic heterocycles. The molecular weight excluding hydrogens is 454 g/mol. The van der Waals surface area contributed by atoms with E-state index in [9.17, 15) is 18.0 Å². The largest absolute Gasteiger partial charge is 0.474 e. The highest BCUT2D eigenvalue weighted by atomic mass is 32.2. The molecule has 1 N–H and O–H groups in total. The van der Waals surface area contributed by atoms with Gasteiger partial charge in [0.2, 0.25) is 22.6 Å². The Morgan fingerprint density at radius 1 is 1.21 bits per heavy atom. The number of amides is 1. The maximum Gasteiger partial charge on any atom is 0.374 e. The summed E-state index contributed by atoms with van der Waals surface area (Å²) in [7, 11) is -2.37. The Bertz CT molecular complexity index is 1060. The van der Waals surface area contributed by atoms with Crippen LogP contribution in [0.4, 0.5) is 5.69 Å². The average Bonchev–Trinajstić information content (AvgIpc) is 3.32. The van der Waals surface area contributed by atoms with Gasteiger partial charge in [0.25, 0.3) is 10.0 Å². The molecule has 1 amide bonds. The van der Waals surface area contributed by atoms with Gasteiger partial charge in [-0.05, 0) is 44.0 Å². The van der Waals surface area contributed by atoms with Crippen LogP contribution < -0.4 is 10.1 Å². The zero-order valence-corrected chi connectivity index (χ0v) is 19.3. The molecule has 0 atom stereocenters. The predicted octanol–water partition coefficient (Wildman–Crippen LogP) is 1.92. The van der Waals surface area contributed by atoms with Crippen molar-refractivity contribution >= 4 is 27.6 Å². The summed E-state index contributed by atoms with van der Waals surface area (Å²) in [4.78, 5) is 28.6. The van der Waals surface area contributed by atoms with Gasteiger partial charge in [-0.2, -0.15) is 4.31 Å². The summed E-state index contributed by atoms with van der Waals surface area (Å²) in [5.74, 6) is -1.23. The summed E-state index contributed by atoms with van der Waals surface area (Å²) in [6.07, 6.45) is 2.22. The van der Waals surface area contributed by atoms with E-state index in [0.717, 1.165) is 0 Å². The van der Waals surface area contributed by atoms with Crippen molar-refractivity contribution in [1.29, 1.82) is 0 Å². The quantitative estimate of drug-likeness (QED) is 0.398. The number of hydrogen-bond donors (Lipinski definition) is 1. The molecule has 0 unspecified atom stereocenters. The van der Waals surface area contributed by atoms with E-state index in [4.69, 9.17) is 18.6 Å². The number of rotatable bonds is 10. The highest BCUT2D eigenvalue weighted by molar-refractivity contribution is 7.89. The molecule has 1 aliphatic heterocycles. The lowest BCUT2D eigenvalue weighted by molar-refractivity contribution is -0.120. The Morgan fingerprint density at radius 3 is 2.67 bits per heavy atom. The van der Waals surface area contributed by atoms with Gasteiger partial charge in [-0.3, -0.25) is 4.79 Å². The number of carbonyl (C=O) groups excluding carboxylic acids is 2. The Kier molecular flexibility index (Phi) is 8.42. The van der Waals surface area contributed by atoms with Crippen molar-refractivity contribution in [3.05, 3.63) is 36.2 Å². The maximum absolute atomic E-state index is 12.9. The standard InChI is InChI=1S/C21H27N3O8S/c1-3-30-21(26)17-6-7-18(32-17)33(27,28)24-11-8-15(9-12-24)19(25)23-16-5-4-10-22-20(16)31-14-13-29-2/h4-7,10,15H,3,8-9,11-14H2,1-2H3,(H,23,25). The zero-order chi connectivity index (χ0) is 23.8. The molecule has 0 saturated carbocycles. The van der Waals surface area contributed by atoms with Crippen LogP contribution in [-0.2, 0) is 24.3 Å². The minimum atomic E-state index is -3.93. The lowest BCUT2D eigenvalue weighted by Gasteiger charge is -2.29. The number of nitrogens with one attached hydrogen (secondary N) is 1. The number of esters is 1. The summed E-state index contributed by atoms with van der Waals surface area (Å²) in [6, 6.07) is 5.87. The van der Waals surface area contributed by atoms with Gasteiger partial charge >= 0.3 is 5.97 Å². The number of pyridine rings is 1. The van der Waals surface area contributed by atoms with Gasteiger partial charge in [-0.25, -0.2) is 18.2 Å². The van der Waals surface area contributed by atoms with Gasteiger partial charge in [0.1, 0.15) is 12.3 Å². The third-order valence-electron chi connectivity index (χ3n) is 5.03. The van der Waals surface area contributed by atoms with Gasteiger partial charge < -0.3 is 23.9 Å². The molecule has 33 heavy (non-hydrogen) atoms. The first-order valence-corrected chi connectivity index (χ1v) is 12.0. The van der Waals surface area contributed by atoms with Crippen LogP contribution >= 0.6 is 0 Å². The molecule has 3 heterocycles. The molecule has 2 aromatic rings. The average molecular weight is 482 g/mol. The number of aromatic nitrogens is 1. The second kappa shape index (κ2) is 11.3. The third-order valence-corrected chi connectivity index (χ3v) is 6.80. The Hall–Kier alpha value is -2.96. The van der Waals surface area contributed by atoms with Crippen LogP contribution in [0.25, 0.3) is 0 Å². The van der Waals surface area contributed by atoms with Gasteiger partial charge in [-0.1, -0.05) is 0 Å². The smallest absolute Gasteiger partial charge is 0.374 e. The van der Waals surface area contributed by atoms with Crippen molar-refractivity contribution in [3.8, 4) is 5.88 Å². The van der Waals surface area contributed by atoms with E-state index in [1.165, 1.54) is 16.4 Å². The lowest BCUT2D eigenvalue weighted by atomic mass is 9.97. The lowest BCUT2D eigenvalue weighted by Crippen LogP contribution is -2.41. The number of furan rings is 1. The van der Waals surface area contributed by atoms with E-state index < -0.39 is 16.0 Å². The first kappa shape index (κ1) is 24.7. The summed E-state index contributed by atoms with van der Waals surface area (Å²) in [5.41, 5.74) is 0.440. The Balaban J connectivity index is 1.58. The molecule has 180 valence electrons. The molecule has 3 rings (SSSR count). The third kappa shape index (κ3) is 6.09. The SMILES string of the molecule is CCOC(=O)c1ccc(S(=O)(=O)N2CCC(C(=O)Nc3cccnc3OCCOC)CC2)o1. The Morgan fingerprint density at radius 2 is 1.97 bits per heavy atom. The van der Waals surface area contributed by atoms with Crippen molar-refractivity contribution < 1.29 is 36.6 Å². The highest BCUT2D eigenvalue weighted by Gasteiger charge is 2.34. The maximum atomic E-state index is 12.9. The highest BCUT2D eigenvalue weighted by Crippen LogP contribution is 2.27. The fourth-order valence-corrected chi connectivity index (χ4v) is 4.69. The summed E-state index contributed by atoms with van der Waals surface area (Å²) in [5, 5.41) is 2.48. The van der Waals surface area contributed by atoms with E-state index in [0.29, 0.717) is 25.1 Å². The van der Waals surface area contributed by atoms with Crippen molar-refractivity contribution in [1.82, 2.24) is 9.29 Å². The first-order valence-electron chi connectivity index (χ1n) is 10.5. The van der Waals surface area contributed by atoms with Gasteiger partial charge in [0.15, 0.2) is 0 Å². The van der Waals surface area contributed by atoms with Crippen LogP contribution in [0.5, 0.6) is 5.88 Å². The normalized spacial score (nSPS) is 15.2. The van der Waals surface area contributed by atoms with Crippen molar-refractivity contribution in [2.45, 2.75) is 24.9 Å². The molecule has 11 nitrogen and oxygen atoms in total. The molecule has 1 fully saturated rings. The number of sulfonamides is 1. The van der Waals surface area contributed by atoms with Crippen LogP contribution in [0.3, 0.4) is 0 Å². The number of ether oxygens (including phenoxy) is 3. The first-order chi connectivity index (χ1) is 15.9. The van der Waals surface area contributed by atoms with Crippen molar-refractivity contribution in [2.24, 2.45) is 5.92 Å². The number of carbonyl (C=O) groups is 2. The Labute approximate surface area is 192 Å². The fraction of sp³-hybridized carbons (Fsp3) is 0.476. The predicted molar refractivity (Wildman–Crippen MR) is 116 cm³/mol. The molecule has 0 aromatic carbocycles. The van der Waals surface area contributed by atoms with E-state index in [1.54, 1.807) is 32.4 Å². The second-order valence-electron chi connectivity index (χ2n) is 7.20. The molecular formula is C21H27N3O8S. The number of nitrogens with zero attached hydrogens (tertiary/aromatic N) is 2. The monoisotopic (exact) mass is 481 g/mol. The van der Waals surface area contributed by atoms with Crippen molar-refractivity contribution in [2.75, 3.05) is 45.3 Å². The summed E-state index contributed by atoms with van der Waals surface area (Å²) >= 11 is 0.